The molecule has 2 N–H and O–H groups in total. The molecule has 0 aliphatic rings. The van der Waals surface area contributed by atoms with E-state index >= 15 is 0 Å². The summed E-state index contributed by atoms with van der Waals surface area (Å²) in [4.78, 5) is 0. The van der Waals surface area contributed by atoms with Crippen LogP contribution in [0.2, 0.25) is 0 Å². The maximum absolute atomic E-state index is 6.15. The predicted octanol–water partition coefficient (Wildman–Crippen LogP) is 2.75. The van der Waals surface area contributed by atoms with E-state index in [2.05, 4.69) is 26.0 Å². The largest absolute Gasteiger partial charge is 0.372 e. The highest BCUT2D eigenvalue weighted by Crippen LogP contribution is 2.23. The lowest BCUT2D eigenvalue weighted by molar-refractivity contribution is 0.0320. The minimum absolute atomic E-state index is 0.0104. The predicted molar refractivity (Wildman–Crippen MR) is 63.6 cm³/mol. The molecule has 1 aromatic carbocycles. The zero-order valence-corrected chi connectivity index (χ0v) is 9.81. The van der Waals surface area contributed by atoms with Gasteiger partial charge in [-0.2, -0.15) is 0 Å². The van der Waals surface area contributed by atoms with Gasteiger partial charge in [-0.1, -0.05) is 44.2 Å². The normalized spacial score (nSPS) is 15.3. The molecule has 0 fully saturated rings. The molecule has 0 radical (unpaired) electrons. The van der Waals surface area contributed by atoms with Gasteiger partial charge in [-0.05, 0) is 18.4 Å². The highest BCUT2D eigenvalue weighted by Gasteiger charge is 2.22. The van der Waals surface area contributed by atoms with Gasteiger partial charge in [0.2, 0.25) is 0 Å². The number of hydrogen-bond donors (Lipinski definition) is 1. The third kappa shape index (κ3) is 3.33. The van der Waals surface area contributed by atoms with Crippen LogP contribution in [-0.2, 0) is 4.74 Å². The highest BCUT2D eigenvalue weighted by molar-refractivity contribution is 5.19. The van der Waals surface area contributed by atoms with Crippen LogP contribution in [0, 0.1) is 5.92 Å². The molecule has 0 bridgehead atoms. The van der Waals surface area contributed by atoms with Crippen molar-refractivity contribution < 1.29 is 4.74 Å². The van der Waals surface area contributed by atoms with E-state index in [1.54, 1.807) is 0 Å². The Morgan fingerprint density at radius 1 is 1.20 bits per heavy atom. The van der Waals surface area contributed by atoms with E-state index in [4.69, 9.17) is 10.5 Å². The minimum Gasteiger partial charge on any atom is -0.372 e. The molecule has 2 unspecified atom stereocenters. The maximum Gasteiger partial charge on any atom is 0.0978 e. The number of ether oxygens (including phenoxy) is 1. The number of benzene rings is 1. The Kier molecular flexibility index (Phi) is 4.79. The smallest absolute Gasteiger partial charge is 0.0978 e. The summed E-state index contributed by atoms with van der Waals surface area (Å²) in [5, 5.41) is 0. The first-order valence-corrected chi connectivity index (χ1v) is 5.59. The van der Waals surface area contributed by atoms with Crippen LogP contribution in [0.15, 0.2) is 30.3 Å². The van der Waals surface area contributed by atoms with Crippen LogP contribution >= 0.6 is 0 Å². The summed E-state index contributed by atoms with van der Waals surface area (Å²) < 4.78 is 5.73. The van der Waals surface area contributed by atoms with Crippen LogP contribution in [0.1, 0.15) is 32.4 Å². The van der Waals surface area contributed by atoms with Crippen LogP contribution < -0.4 is 5.73 Å². The van der Waals surface area contributed by atoms with Crippen molar-refractivity contribution in [3.05, 3.63) is 35.9 Å². The topological polar surface area (TPSA) is 35.2 Å². The van der Waals surface area contributed by atoms with Crippen molar-refractivity contribution in [1.82, 2.24) is 0 Å². The minimum atomic E-state index is 0.0104. The molecular weight excluding hydrogens is 186 g/mol. The summed E-state index contributed by atoms with van der Waals surface area (Å²) in [7, 11) is 0. The second kappa shape index (κ2) is 5.89. The summed E-state index contributed by atoms with van der Waals surface area (Å²) in [5.74, 6) is 0.418. The van der Waals surface area contributed by atoms with Gasteiger partial charge < -0.3 is 10.5 Å². The maximum atomic E-state index is 6.15. The fraction of sp³-hybridized carbons (Fsp3) is 0.538. The third-order valence-corrected chi connectivity index (χ3v) is 2.59. The molecule has 0 heterocycles. The Hall–Kier alpha value is -0.860. The second-order valence-corrected chi connectivity index (χ2v) is 4.11. The van der Waals surface area contributed by atoms with Crippen LogP contribution in [-0.4, -0.2) is 12.6 Å². The molecule has 1 aromatic rings. The quantitative estimate of drug-likeness (QED) is 0.805. The Balaban J connectivity index is 2.83. The molecule has 15 heavy (non-hydrogen) atoms. The highest BCUT2D eigenvalue weighted by atomic mass is 16.5. The van der Waals surface area contributed by atoms with Gasteiger partial charge in [-0.25, -0.2) is 0 Å². The van der Waals surface area contributed by atoms with Gasteiger partial charge in [0.25, 0.3) is 0 Å². The van der Waals surface area contributed by atoms with E-state index in [-0.39, 0.29) is 12.1 Å². The first-order chi connectivity index (χ1) is 7.16. The summed E-state index contributed by atoms with van der Waals surface area (Å²) >= 11 is 0. The molecule has 2 atom stereocenters. The summed E-state index contributed by atoms with van der Waals surface area (Å²) in [6, 6.07) is 10.2. The van der Waals surface area contributed by atoms with Gasteiger partial charge in [0.05, 0.1) is 6.10 Å². The summed E-state index contributed by atoms with van der Waals surface area (Å²) in [5.41, 5.74) is 7.32. The van der Waals surface area contributed by atoms with Gasteiger partial charge in [0.15, 0.2) is 0 Å². The van der Waals surface area contributed by atoms with Gasteiger partial charge in [-0.3, -0.25) is 0 Å². The number of hydrogen-bond acceptors (Lipinski definition) is 2. The van der Waals surface area contributed by atoms with Gasteiger partial charge in [0.1, 0.15) is 0 Å². The third-order valence-electron chi connectivity index (χ3n) is 2.59. The molecular formula is C13H21NO. The Bertz CT molecular complexity index is 271. The van der Waals surface area contributed by atoms with E-state index in [9.17, 15) is 0 Å². The molecule has 0 aliphatic heterocycles. The lowest BCUT2D eigenvalue weighted by atomic mass is 9.94. The number of nitrogens with two attached hydrogens (primary N) is 1. The average molecular weight is 207 g/mol. The molecule has 0 amide bonds. The monoisotopic (exact) mass is 207 g/mol. The van der Waals surface area contributed by atoms with Crippen molar-refractivity contribution in [2.75, 3.05) is 6.61 Å². The molecule has 0 aliphatic carbocycles. The van der Waals surface area contributed by atoms with Crippen LogP contribution in [0.4, 0.5) is 0 Å². The fourth-order valence-electron chi connectivity index (χ4n) is 1.60. The zero-order valence-electron chi connectivity index (χ0n) is 9.81. The molecule has 0 spiro atoms. The lowest BCUT2D eigenvalue weighted by Crippen LogP contribution is -2.35. The average Bonchev–Trinajstić information content (AvgIpc) is 2.26. The van der Waals surface area contributed by atoms with Crippen molar-refractivity contribution in [2.24, 2.45) is 11.7 Å². The van der Waals surface area contributed by atoms with Crippen LogP contribution in [0.3, 0.4) is 0 Å². The van der Waals surface area contributed by atoms with E-state index in [1.807, 2.05) is 25.1 Å². The summed E-state index contributed by atoms with van der Waals surface area (Å²) in [6.07, 6.45) is 0.0104. The van der Waals surface area contributed by atoms with Crippen molar-refractivity contribution in [1.29, 1.82) is 0 Å². The number of rotatable bonds is 5. The van der Waals surface area contributed by atoms with Crippen molar-refractivity contribution in [3.8, 4) is 0 Å². The standard InChI is InChI=1S/C13H21NO/c1-4-15-13(12(14)10(2)3)11-8-6-5-7-9-11/h5-10,12-13H,4,14H2,1-3H3. The molecule has 0 saturated heterocycles. The van der Waals surface area contributed by atoms with Crippen LogP contribution in [0.25, 0.3) is 0 Å². The fourth-order valence-corrected chi connectivity index (χ4v) is 1.60. The van der Waals surface area contributed by atoms with Crippen molar-refractivity contribution in [3.63, 3.8) is 0 Å². The molecule has 2 nitrogen and oxygen atoms in total. The molecule has 84 valence electrons. The van der Waals surface area contributed by atoms with E-state index in [0.717, 1.165) is 0 Å². The molecule has 2 heteroatoms. The van der Waals surface area contributed by atoms with Gasteiger partial charge in [0, 0.05) is 12.6 Å². The van der Waals surface area contributed by atoms with Crippen molar-refractivity contribution >= 4 is 0 Å². The van der Waals surface area contributed by atoms with E-state index in [1.165, 1.54) is 5.56 Å². The molecule has 0 saturated carbocycles. The lowest BCUT2D eigenvalue weighted by Gasteiger charge is -2.27. The van der Waals surface area contributed by atoms with Gasteiger partial charge >= 0.3 is 0 Å². The Morgan fingerprint density at radius 3 is 2.27 bits per heavy atom. The van der Waals surface area contributed by atoms with Crippen LogP contribution in [0.5, 0.6) is 0 Å². The van der Waals surface area contributed by atoms with Crippen molar-refractivity contribution in [2.45, 2.75) is 32.9 Å². The summed E-state index contributed by atoms with van der Waals surface area (Å²) in [6.45, 7) is 6.95. The Morgan fingerprint density at radius 2 is 1.80 bits per heavy atom. The SMILES string of the molecule is CCOC(c1ccccc1)C(N)C(C)C. The first-order valence-electron chi connectivity index (χ1n) is 5.59. The molecule has 0 aromatic heterocycles. The second-order valence-electron chi connectivity index (χ2n) is 4.11. The van der Waals surface area contributed by atoms with E-state index < -0.39 is 0 Å². The Labute approximate surface area is 92.4 Å². The zero-order chi connectivity index (χ0) is 11.3. The molecule has 1 rings (SSSR count). The first kappa shape index (κ1) is 12.2. The van der Waals surface area contributed by atoms with E-state index in [0.29, 0.717) is 12.5 Å². The van der Waals surface area contributed by atoms with Gasteiger partial charge in [-0.15, -0.1) is 0 Å².